The first-order valence-electron chi connectivity index (χ1n) is 4.60. The van der Waals surface area contributed by atoms with E-state index >= 15 is 0 Å². The molecular formula is C10H14ClNO3. The van der Waals surface area contributed by atoms with Gasteiger partial charge in [0.1, 0.15) is 0 Å². The highest BCUT2D eigenvalue weighted by molar-refractivity contribution is 5.85. The lowest BCUT2D eigenvalue weighted by Gasteiger charge is -2.13. The molecule has 0 aliphatic heterocycles. The van der Waals surface area contributed by atoms with Gasteiger partial charge in [-0.25, -0.2) is 0 Å². The zero-order valence-corrected chi connectivity index (χ0v) is 8.87. The SMILES string of the molecule is Cl.N[C@H](c1ccc(O)c(O)c1O)C1CC1. The third-order valence-corrected chi connectivity index (χ3v) is 2.65. The van der Waals surface area contributed by atoms with E-state index < -0.39 is 5.75 Å². The van der Waals surface area contributed by atoms with Crippen molar-refractivity contribution < 1.29 is 15.3 Å². The zero-order valence-electron chi connectivity index (χ0n) is 8.05. The number of phenolic OH excluding ortho intramolecular Hbond substituents is 3. The topological polar surface area (TPSA) is 86.7 Å². The Morgan fingerprint density at radius 2 is 1.73 bits per heavy atom. The number of hydrogen-bond donors (Lipinski definition) is 4. The maximum absolute atomic E-state index is 9.54. The van der Waals surface area contributed by atoms with Gasteiger partial charge in [0.05, 0.1) is 0 Å². The molecule has 0 spiro atoms. The molecule has 1 fully saturated rings. The second kappa shape index (κ2) is 4.16. The number of halogens is 1. The van der Waals surface area contributed by atoms with Crippen molar-refractivity contribution in [3.05, 3.63) is 17.7 Å². The van der Waals surface area contributed by atoms with Crippen LogP contribution in [0.3, 0.4) is 0 Å². The van der Waals surface area contributed by atoms with E-state index in [1.54, 1.807) is 6.07 Å². The van der Waals surface area contributed by atoms with E-state index in [0.717, 1.165) is 12.8 Å². The van der Waals surface area contributed by atoms with Gasteiger partial charge in [-0.3, -0.25) is 0 Å². The number of phenols is 3. The fraction of sp³-hybridized carbons (Fsp3) is 0.400. The molecule has 0 aromatic heterocycles. The molecule has 5 heteroatoms. The minimum atomic E-state index is -0.487. The summed E-state index contributed by atoms with van der Waals surface area (Å²) >= 11 is 0. The Morgan fingerprint density at radius 3 is 2.27 bits per heavy atom. The van der Waals surface area contributed by atoms with E-state index in [2.05, 4.69) is 0 Å². The lowest BCUT2D eigenvalue weighted by atomic mass is 10.0. The predicted molar refractivity (Wildman–Crippen MR) is 58.3 cm³/mol. The van der Waals surface area contributed by atoms with Crippen molar-refractivity contribution in [2.75, 3.05) is 0 Å². The number of rotatable bonds is 2. The number of nitrogens with two attached hydrogens (primary N) is 1. The molecule has 2 rings (SSSR count). The summed E-state index contributed by atoms with van der Waals surface area (Å²) in [6.07, 6.45) is 2.12. The second-order valence-corrected chi connectivity index (χ2v) is 3.73. The first-order valence-corrected chi connectivity index (χ1v) is 4.60. The highest BCUT2D eigenvalue weighted by atomic mass is 35.5. The molecule has 84 valence electrons. The van der Waals surface area contributed by atoms with Gasteiger partial charge >= 0.3 is 0 Å². The number of hydrogen-bond acceptors (Lipinski definition) is 4. The van der Waals surface area contributed by atoms with Gasteiger partial charge in [-0.15, -0.1) is 12.4 Å². The molecule has 0 saturated heterocycles. The summed E-state index contributed by atoms with van der Waals surface area (Å²) in [5, 5.41) is 27.9. The molecule has 1 saturated carbocycles. The molecule has 1 aliphatic carbocycles. The minimum Gasteiger partial charge on any atom is -0.504 e. The van der Waals surface area contributed by atoms with E-state index in [9.17, 15) is 10.2 Å². The van der Waals surface area contributed by atoms with Crippen LogP contribution in [0.15, 0.2) is 12.1 Å². The van der Waals surface area contributed by atoms with Crippen LogP contribution >= 0.6 is 12.4 Å². The highest BCUT2D eigenvalue weighted by Crippen LogP contribution is 2.46. The fourth-order valence-electron chi connectivity index (χ4n) is 1.56. The van der Waals surface area contributed by atoms with Gasteiger partial charge in [-0.1, -0.05) is 0 Å². The van der Waals surface area contributed by atoms with Gasteiger partial charge in [0.25, 0.3) is 0 Å². The lowest BCUT2D eigenvalue weighted by molar-refractivity contribution is 0.361. The Kier molecular flexibility index (Phi) is 3.31. The van der Waals surface area contributed by atoms with Crippen LogP contribution in [0.4, 0.5) is 0 Å². The van der Waals surface area contributed by atoms with Crippen molar-refractivity contribution in [3.8, 4) is 17.2 Å². The summed E-state index contributed by atoms with van der Waals surface area (Å²) in [5.74, 6) is -0.720. The maximum atomic E-state index is 9.54. The van der Waals surface area contributed by atoms with Crippen LogP contribution in [0.5, 0.6) is 17.2 Å². The largest absolute Gasteiger partial charge is 0.504 e. The molecule has 5 N–H and O–H groups in total. The van der Waals surface area contributed by atoms with Crippen LogP contribution < -0.4 is 5.73 Å². The molecule has 1 atom stereocenters. The molecule has 4 nitrogen and oxygen atoms in total. The number of benzene rings is 1. The van der Waals surface area contributed by atoms with Crippen molar-refractivity contribution >= 4 is 12.4 Å². The van der Waals surface area contributed by atoms with Gasteiger partial charge in [0, 0.05) is 11.6 Å². The Balaban J connectivity index is 0.00000112. The average molecular weight is 232 g/mol. The molecule has 0 heterocycles. The van der Waals surface area contributed by atoms with Crippen molar-refractivity contribution in [2.45, 2.75) is 18.9 Å². The van der Waals surface area contributed by atoms with Crippen LogP contribution in [-0.4, -0.2) is 15.3 Å². The van der Waals surface area contributed by atoms with Gasteiger partial charge in [0.15, 0.2) is 11.5 Å². The summed E-state index contributed by atoms with van der Waals surface area (Å²) in [5.41, 5.74) is 6.37. The predicted octanol–water partition coefficient (Wildman–Crippen LogP) is 1.63. The van der Waals surface area contributed by atoms with Crippen LogP contribution in [-0.2, 0) is 0 Å². The molecule has 0 radical (unpaired) electrons. The quantitative estimate of drug-likeness (QED) is 0.583. The zero-order chi connectivity index (χ0) is 10.3. The third-order valence-electron chi connectivity index (χ3n) is 2.65. The number of aromatic hydroxyl groups is 3. The van der Waals surface area contributed by atoms with Crippen LogP contribution in [0.1, 0.15) is 24.4 Å². The van der Waals surface area contributed by atoms with Crippen molar-refractivity contribution in [1.82, 2.24) is 0 Å². The van der Waals surface area contributed by atoms with Crippen molar-refractivity contribution in [1.29, 1.82) is 0 Å². The van der Waals surface area contributed by atoms with Gasteiger partial charge in [-0.05, 0) is 30.9 Å². The fourth-order valence-corrected chi connectivity index (χ4v) is 1.56. The van der Waals surface area contributed by atoms with E-state index in [0.29, 0.717) is 11.5 Å². The highest BCUT2D eigenvalue weighted by Gasteiger charge is 2.31. The summed E-state index contributed by atoms with van der Waals surface area (Å²) in [6, 6.07) is 2.64. The van der Waals surface area contributed by atoms with Gasteiger partial charge in [-0.2, -0.15) is 0 Å². The monoisotopic (exact) mass is 231 g/mol. The summed E-state index contributed by atoms with van der Waals surface area (Å²) in [7, 11) is 0. The molecule has 0 amide bonds. The maximum Gasteiger partial charge on any atom is 0.200 e. The van der Waals surface area contributed by atoms with Crippen molar-refractivity contribution in [3.63, 3.8) is 0 Å². The van der Waals surface area contributed by atoms with Crippen LogP contribution in [0.2, 0.25) is 0 Å². The Morgan fingerprint density at radius 1 is 1.13 bits per heavy atom. The van der Waals surface area contributed by atoms with Crippen LogP contribution in [0, 0.1) is 5.92 Å². The standard InChI is InChI=1S/C10H13NO3.ClH/c11-8(5-1-2-5)6-3-4-7(12)10(14)9(6)13;/h3-5,8,12-14H,1-2,11H2;1H/t8-;/m0./s1. The Hall–Kier alpha value is -1.13. The van der Waals surface area contributed by atoms with Gasteiger partial charge in [0.2, 0.25) is 5.75 Å². The van der Waals surface area contributed by atoms with Crippen LogP contribution in [0.25, 0.3) is 0 Å². The van der Waals surface area contributed by atoms with Crippen molar-refractivity contribution in [2.24, 2.45) is 11.7 Å². The molecule has 15 heavy (non-hydrogen) atoms. The summed E-state index contributed by atoms with van der Waals surface area (Å²) in [4.78, 5) is 0. The summed E-state index contributed by atoms with van der Waals surface area (Å²) in [6.45, 7) is 0. The summed E-state index contributed by atoms with van der Waals surface area (Å²) < 4.78 is 0. The third kappa shape index (κ3) is 2.11. The minimum absolute atomic E-state index is 0. The molecule has 1 aromatic carbocycles. The van der Waals surface area contributed by atoms with E-state index in [1.165, 1.54) is 6.07 Å². The Bertz CT molecular complexity index is 366. The molecular weight excluding hydrogens is 218 g/mol. The average Bonchev–Trinajstić information content (AvgIpc) is 2.97. The lowest BCUT2D eigenvalue weighted by Crippen LogP contribution is -2.12. The normalized spacial score (nSPS) is 16.9. The Labute approximate surface area is 93.8 Å². The molecule has 1 aliphatic rings. The molecule has 0 bridgehead atoms. The van der Waals surface area contributed by atoms with Gasteiger partial charge < -0.3 is 21.1 Å². The first-order chi connectivity index (χ1) is 6.61. The molecule has 1 aromatic rings. The van der Waals surface area contributed by atoms with E-state index in [4.69, 9.17) is 10.8 Å². The molecule has 0 unspecified atom stereocenters. The first kappa shape index (κ1) is 11.9. The second-order valence-electron chi connectivity index (χ2n) is 3.73. The smallest absolute Gasteiger partial charge is 0.200 e. The van der Waals surface area contributed by atoms with E-state index in [1.807, 2.05) is 0 Å². The van der Waals surface area contributed by atoms with E-state index in [-0.39, 0.29) is 29.9 Å².